The summed E-state index contributed by atoms with van der Waals surface area (Å²) in [5.74, 6) is -0.609. The van der Waals surface area contributed by atoms with E-state index in [0.717, 1.165) is 32.4 Å². The Morgan fingerprint density at radius 2 is 1.88 bits per heavy atom. The van der Waals surface area contributed by atoms with Gasteiger partial charge in [0, 0.05) is 19.1 Å². The standard InChI is InChI=1S/C13H23NO2/c1-12(2)8-14(9-12)10-6-4-5-7-13(10,3)11(15)16/h10H,4-9H2,1-3H3,(H,15,16). The maximum atomic E-state index is 11.5. The van der Waals surface area contributed by atoms with Gasteiger partial charge in [0.2, 0.25) is 0 Å². The summed E-state index contributed by atoms with van der Waals surface area (Å²) in [6.07, 6.45) is 4.14. The quantitative estimate of drug-likeness (QED) is 0.784. The van der Waals surface area contributed by atoms with Gasteiger partial charge in [0.25, 0.3) is 0 Å². The van der Waals surface area contributed by atoms with Crippen molar-refractivity contribution in [2.75, 3.05) is 13.1 Å². The van der Waals surface area contributed by atoms with Crippen molar-refractivity contribution < 1.29 is 9.90 Å². The monoisotopic (exact) mass is 225 g/mol. The Morgan fingerprint density at radius 3 is 2.38 bits per heavy atom. The van der Waals surface area contributed by atoms with Crippen LogP contribution in [0.2, 0.25) is 0 Å². The number of aliphatic carboxylic acids is 1. The minimum Gasteiger partial charge on any atom is -0.481 e. The summed E-state index contributed by atoms with van der Waals surface area (Å²) in [6.45, 7) is 8.56. The highest BCUT2D eigenvalue weighted by Gasteiger charge is 2.50. The molecule has 0 amide bonds. The molecule has 1 aliphatic heterocycles. The maximum absolute atomic E-state index is 11.5. The largest absolute Gasteiger partial charge is 0.481 e. The van der Waals surface area contributed by atoms with E-state index in [1.54, 1.807) is 0 Å². The molecule has 1 heterocycles. The van der Waals surface area contributed by atoms with E-state index in [2.05, 4.69) is 18.7 Å². The van der Waals surface area contributed by atoms with E-state index in [9.17, 15) is 9.90 Å². The fraction of sp³-hybridized carbons (Fsp3) is 0.923. The first-order valence-electron chi connectivity index (χ1n) is 6.33. The van der Waals surface area contributed by atoms with E-state index in [1.807, 2.05) is 6.92 Å². The van der Waals surface area contributed by atoms with Crippen molar-refractivity contribution in [2.45, 2.75) is 52.5 Å². The molecule has 1 saturated carbocycles. The van der Waals surface area contributed by atoms with Crippen molar-refractivity contribution in [3.63, 3.8) is 0 Å². The van der Waals surface area contributed by atoms with E-state index in [0.29, 0.717) is 5.41 Å². The van der Waals surface area contributed by atoms with Crippen LogP contribution < -0.4 is 0 Å². The predicted molar refractivity (Wildman–Crippen MR) is 63.4 cm³/mol. The molecule has 92 valence electrons. The van der Waals surface area contributed by atoms with Gasteiger partial charge in [0.15, 0.2) is 0 Å². The summed E-state index contributed by atoms with van der Waals surface area (Å²) in [5.41, 5.74) is -0.133. The normalized spacial score (nSPS) is 39.1. The third kappa shape index (κ3) is 1.86. The van der Waals surface area contributed by atoms with Crippen molar-refractivity contribution in [1.82, 2.24) is 4.90 Å². The van der Waals surface area contributed by atoms with Gasteiger partial charge in [0.1, 0.15) is 0 Å². The molecule has 0 bridgehead atoms. The summed E-state index contributed by atoms with van der Waals surface area (Å²) in [4.78, 5) is 13.8. The van der Waals surface area contributed by atoms with Gasteiger partial charge in [-0.05, 0) is 25.2 Å². The lowest BCUT2D eigenvalue weighted by Crippen LogP contribution is -2.63. The molecule has 1 aliphatic carbocycles. The smallest absolute Gasteiger partial charge is 0.310 e. The van der Waals surface area contributed by atoms with E-state index in [-0.39, 0.29) is 6.04 Å². The molecule has 2 unspecified atom stereocenters. The molecule has 3 heteroatoms. The van der Waals surface area contributed by atoms with Gasteiger partial charge in [-0.15, -0.1) is 0 Å². The van der Waals surface area contributed by atoms with E-state index >= 15 is 0 Å². The van der Waals surface area contributed by atoms with Crippen LogP contribution in [0.25, 0.3) is 0 Å². The minimum absolute atomic E-state index is 0.256. The van der Waals surface area contributed by atoms with E-state index < -0.39 is 11.4 Å². The molecule has 16 heavy (non-hydrogen) atoms. The number of carboxylic acid groups (broad SMARTS) is 1. The van der Waals surface area contributed by atoms with Crippen LogP contribution in [0.4, 0.5) is 0 Å². The first-order chi connectivity index (χ1) is 7.35. The zero-order valence-corrected chi connectivity index (χ0v) is 10.6. The third-order valence-corrected chi connectivity index (χ3v) is 4.35. The van der Waals surface area contributed by atoms with Gasteiger partial charge in [-0.2, -0.15) is 0 Å². The van der Waals surface area contributed by atoms with E-state index in [1.165, 1.54) is 6.42 Å². The molecular weight excluding hydrogens is 202 g/mol. The Morgan fingerprint density at radius 1 is 1.25 bits per heavy atom. The van der Waals surface area contributed by atoms with Crippen molar-refractivity contribution in [2.24, 2.45) is 10.8 Å². The number of hydrogen-bond acceptors (Lipinski definition) is 2. The first kappa shape index (κ1) is 11.9. The van der Waals surface area contributed by atoms with E-state index in [4.69, 9.17) is 0 Å². The number of likely N-dealkylation sites (tertiary alicyclic amines) is 1. The highest BCUT2D eigenvalue weighted by atomic mass is 16.4. The molecule has 3 nitrogen and oxygen atoms in total. The average molecular weight is 225 g/mol. The van der Waals surface area contributed by atoms with Crippen LogP contribution in [0.15, 0.2) is 0 Å². The van der Waals surface area contributed by atoms with Crippen molar-refractivity contribution in [3.05, 3.63) is 0 Å². The van der Waals surface area contributed by atoms with Gasteiger partial charge in [-0.1, -0.05) is 26.7 Å². The summed E-state index contributed by atoms with van der Waals surface area (Å²) >= 11 is 0. The number of carbonyl (C=O) groups is 1. The van der Waals surface area contributed by atoms with Crippen LogP contribution in [0.5, 0.6) is 0 Å². The van der Waals surface area contributed by atoms with Gasteiger partial charge >= 0.3 is 5.97 Å². The molecule has 0 spiro atoms. The average Bonchev–Trinajstić information content (AvgIpc) is 2.14. The van der Waals surface area contributed by atoms with Gasteiger partial charge < -0.3 is 5.11 Å². The molecule has 1 N–H and O–H groups in total. The fourth-order valence-electron chi connectivity index (χ4n) is 3.42. The molecule has 0 aromatic rings. The van der Waals surface area contributed by atoms with Crippen LogP contribution in [-0.4, -0.2) is 35.1 Å². The second-order valence-corrected chi connectivity index (χ2v) is 6.55. The summed E-state index contributed by atoms with van der Waals surface area (Å²) < 4.78 is 0. The number of rotatable bonds is 2. The van der Waals surface area contributed by atoms with Crippen LogP contribution in [0.3, 0.4) is 0 Å². The lowest BCUT2D eigenvalue weighted by molar-refractivity contribution is -0.160. The van der Waals surface area contributed by atoms with Crippen molar-refractivity contribution in [1.29, 1.82) is 0 Å². The highest BCUT2D eigenvalue weighted by molar-refractivity contribution is 5.75. The Hall–Kier alpha value is -0.570. The summed E-state index contributed by atoms with van der Waals surface area (Å²) in [7, 11) is 0. The summed E-state index contributed by atoms with van der Waals surface area (Å²) in [6, 6.07) is 0.256. The molecule has 0 aromatic heterocycles. The van der Waals surface area contributed by atoms with Gasteiger partial charge in [0.05, 0.1) is 5.41 Å². The highest BCUT2D eigenvalue weighted by Crippen LogP contribution is 2.44. The topological polar surface area (TPSA) is 40.5 Å². The van der Waals surface area contributed by atoms with Crippen LogP contribution >= 0.6 is 0 Å². The predicted octanol–water partition coefficient (Wildman–Crippen LogP) is 2.36. The minimum atomic E-state index is -0.609. The Kier molecular flexibility index (Phi) is 2.77. The number of hydrogen-bond donors (Lipinski definition) is 1. The zero-order chi connectivity index (χ0) is 12.0. The molecule has 2 fully saturated rings. The summed E-state index contributed by atoms with van der Waals surface area (Å²) in [5, 5.41) is 9.44. The second-order valence-electron chi connectivity index (χ2n) is 6.55. The van der Waals surface area contributed by atoms with Crippen LogP contribution in [-0.2, 0) is 4.79 Å². The molecule has 2 rings (SSSR count). The number of carboxylic acids is 1. The Bertz CT molecular complexity index is 292. The molecule has 2 atom stereocenters. The number of nitrogens with zero attached hydrogens (tertiary/aromatic N) is 1. The Labute approximate surface area is 97.8 Å². The first-order valence-corrected chi connectivity index (χ1v) is 6.33. The lowest BCUT2D eigenvalue weighted by atomic mass is 9.68. The van der Waals surface area contributed by atoms with Crippen molar-refractivity contribution >= 4 is 5.97 Å². The van der Waals surface area contributed by atoms with Crippen molar-refractivity contribution in [3.8, 4) is 0 Å². The molecule has 0 aromatic carbocycles. The fourth-order valence-corrected chi connectivity index (χ4v) is 3.42. The lowest BCUT2D eigenvalue weighted by Gasteiger charge is -2.55. The second kappa shape index (κ2) is 3.73. The van der Waals surface area contributed by atoms with Gasteiger partial charge in [-0.3, -0.25) is 9.69 Å². The molecule has 2 aliphatic rings. The van der Waals surface area contributed by atoms with Gasteiger partial charge in [-0.25, -0.2) is 0 Å². The SMILES string of the molecule is CC1(C)CN(C2CCCCC2(C)C(=O)O)C1. The maximum Gasteiger partial charge on any atom is 0.310 e. The zero-order valence-electron chi connectivity index (χ0n) is 10.6. The molecular formula is C13H23NO2. The Balaban J connectivity index is 2.09. The molecule has 0 radical (unpaired) electrons. The van der Waals surface area contributed by atoms with Crippen LogP contribution in [0, 0.1) is 10.8 Å². The third-order valence-electron chi connectivity index (χ3n) is 4.35. The van der Waals surface area contributed by atoms with Crippen LogP contribution in [0.1, 0.15) is 46.5 Å². The molecule has 1 saturated heterocycles.